The molecule has 0 aromatic rings. The predicted molar refractivity (Wildman–Crippen MR) is 110 cm³/mol. The third-order valence-corrected chi connectivity index (χ3v) is 7.83. The van der Waals surface area contributed by atoms with Crippen molar-refractivity contribution in [1.29, 1.82) is 0 Å². The van der Waals surface area contributed by atoms with Crippen molar-refractivity contribution in [3.63, 3.8) is 0 Å². The number of rotatable bonds is 3. The van der Waals surface area contributed by atoms with Gasteiger partial charge >= 0.3 is 0 Å². The molecule has 0 saturated heterocycles. The first kappa shape index (κ1) is 20.7. The van der Waals surface area contributed by atoms with Crippen molar-refractivity contribution in [1.82, 2.24) is 0 Å². The Morgan fingerprint density at radius 3 is 2.22 bits per heavy atom. The Labute approximate surface area is 165 Å². The quantitative estimate of drug-likeness (QED) is 0.652. The normalized spacial score (nSPS) is 38.9. The Kier molecular flexibility index (Phi) is 6.53. The van der Waals surface area contributed by atoms with Gasteiger partial charge in [-0.15, -0.1) is 0 Å². The maximum absolute atomic E-state index is 12.2. The van der Waals surface area contributed by atoms with Gasteiger partial charge in [-0.2, -0.15) is 0 Å². The van der Waals surface area contributed by atoms with Gasteiger partial charge in [-0.25, -0.2) is 0 Å². The van der Waals surface area contributed by atoms with Crippen molar-refractivity contribution < 1.29 is 9.63 Å². The standard InChI is InChI=1S/C23H40N2O2/c1-22(2)17-14-15-23(3,16-17)21(22)27-25-19-13-11-9-7-5-4-6-8-10-12-18(19)20(24)26/h17-18,21H,4-16H2,1-3H3,(H2,24,26). The van der Waals surface area contributed by atoms with Crippen molar-refractivity contribution in [2.75, 3.05) is 0 Å². The highest BCUT2D eigenvalue weighted by Gasteiger charge is 2.61. The minimum absolute atomic E-state index is 0.145. The van der Waals surface area contributed by atoms with Crippen LogP contribution in [-0.2, 0) is 9.63 Å². The summed E-state index contributed by atoms with van der Waals surface area (Å²) in [6.45, 7) is 7.03. The SMILES string of the molecule is CC12CCC(C1)C(C)(C)C2ON=C1CCCCCCCCCCC1C(N)=O. The van der Waals surface area contributed by atoms with Crippen LogP contribution in [0.5, 0.6) is 0 Å². The van der Waals surface area contributed by atoms with Crippen LogP contribution in [0.15, 0.2) is 5.16 Å². The van der Waals surface area contributed by atoms with Gasteiger partial charge in [-0.3, -0.25) is 4.79 Å². The first-order chi connectivity index (χ1) is 12.8. The van der Waals surface area contributed by atoms with Gasteiger partial charge in [0.15, 0.2) is 0 Å². The Hall–Kier alpha value is -1.06. The van der Waals surface area contributed by atoms with Crippen LogP contribution in [0.1, 0.15) is 104 Å². The third kappa shape index (κ3) is 4.51. The molecule has 1 amide bonds. The molecule has 0 aromatic heterocycles. The molecule has 27 heavy (non-hydrogen) atoms. The summed E-state index contributed by atoms with van der Waals surface area (Å²) in [5.74, 6) is 0.253. The van der Waals surface area contributed by atoms with Crippen LogP contribution in [0.4, 0.5) is 0 Å². The van der Waals surface area contributed by atoms with E-state index in [9.17, 15) is 4.79 Å². The van der Waals surface area contributed by atoms with Gasteiger partial charge in [-0.1, -0.05) is 70.9 Å². The van der Waals surface area contributed by atoms with Gasteiger partial charge in [0, 0.05) is 10.8 Å². The van der Waals surface area contributed by atoms with E-state index < -0.39 is 0 Å². The monoisotopic (exact) mass is 376 g/mol. The van der Waals surface area contributed by atoms with Gasteiger partial charge in [0.2, 0.25) is 5.91 Å². The fourth-order valence-electron chi connectivity index (χ4n) is 6.11. The molecule has 3 rings (SSSR count). The molecule has 4 atom stereocenters. The average molecular weight is 377 g/mol. The Morgan fingerprint density at radius 1 is 1.00 bits per heavy atom. The third-order valence-electron chi connectivity index (χ3n) is 7.83. The average Bonchev–Trinajstić information content (AvgIpc) is 3.07. The van der Waals surface area contributed by atoms with Crippen molar-refractivity contribution in [3.8, 4) is 0 Å². The van der Waals surface area contributed by atoms with Gasteiger partial charge in [0.1, 0.15) is 6.10 Å². The maximum atomic E-state index is 12.2. The van der Waals surface area contributed by atoms with Gasteiger partial charge in [0.05, 0.1) is 11.6 Å². The summed E-state index contributed by atoms with van der Waals surface area (Å²) in [4.78, 5) is 18.5. The molecule has 0 heterocycles. The molecule has 3 aliphatic rings. The van der Waals surface area contributed by atoms with Gasteiger partial charge in [-0.05, 0) is 44.4 Å². The molecule has 0 radical (unpaired) electrons. The van der Waals surface area contributed by atoms with Crippen molar-refractivity contribution in [2.24, 2.45) is 33.6 Å². The lowest BCUT2D eigenvalue weighted by atomic mass is 9.70. The number of oxime groups is 1. The van der Waals surface area contributed by atoms with E-state index >= 15 is 0 Å². The van der Waals surface area contributed by atoms with E-state index in [-0.39, 0.29) is 28.8 Å². The highest BCUT2D eigenvalue weighted by molar-refractivity contribution is 6.03. The molecule has 154 valence electrons. The second-order valence-corrected chi connectivity index (χ2v) is 10.3. The number of carbonyl (C=O) groups excluding carboxylic acids is 1. The Bertz CT molecular complexity index is 552. The number of amides is 1. The fourth-order valence-corrected chi connectivity index (χ4v) is 6.11. The predicted octanol–water partition coefficient (Wildman–Crippen LogP) is 5.59. The summed E-state index contributed by atoms with van der Waals surface area (Å²) in [7, 11) is 0. The number of nitrogens with two attached hydrogens (primary N) is 1. The zero-order valence-corrected chi connectivity index (χ0v) is 17.8. The highest BCUT2D eigenvalue weighted by Crippen LogP contribution is 2.63. The van der Waals surface area contributed by atoms with Crippen LogP contribution in [0.2, 0.25) is 0 Å². The number of nitrogens with zero attached hydrogens (tertiary/aromatic N) is 1. The number of carbonyl (C=O) groups is 1. The molecular formula is C23H40N2O2. The van der Waals surface area contributed by atoms with E-state index in [1.807, 2.05) is 0 Å². The maximum Gasteiger partial charge on any atom is 0.226 e. The molecular weight excluding hydrogens is 336 g/mol. The smallest absolute Gasteiger partial charge is 0.226 e. The topological polar surface area (TPSA) is 64.7 Å². The molecule has 2 bridgehead atoms. The molecule has 4 nitrogen and oxygen atoms in total. The zero-order chi connectivity index (χ0) is 19.5. The zero-order valence-electron chi connectivity index (χ0n) is 17.8. The number of fused-ring (bicyclic) bond motifs is 2. The lowest BCUT2D eigenvalue weighted by molar-refractivity contribution is -0.120. The first-order valence-corrected chi connectivity index (χ1v) is 11.4. The largest absolute Gasteiger partial charge is 0.391 e. The Balaban J connectivity index is 1.75. The number of hydrogen-bond donors (Lipinski definition) is 1. The molecule has 3 fully saturated rings. The number of primary amides is 1. The van der Waals surface area contributed by atoms with E-state index in [2.05, 4.69) is 25.9 Å². The summed E-state index contributed by atoms with van der Waals surface area (Å²) in [5, 5.41) is 4.67. The van der Waals surface area contributed by atoms with E-state index in [4.69, 9.17) is 10.6 Å². The van der Waals surface area contributed by atoms with E-state index in [0.717, 1.165) is 37.3 Å². The second-order valence-electron chi connectivity index (χ2n) is 10.3. The van der Waals surface area contributed by atoms with Crippen molar-refractivity contribution in [3.05, 3.63) is 0 Å². The number of hydrogen-bond acceptors (Lipinski definition) is 3. The van der Waals surface area contributed by atoms with Crippen LogP contribution < -0.4 is 5.73 Å². The molecule has 0 aliphatic heterocycles. The molecule has 0 spiro atoms. The minimum atomic E-state index is -0.251. The van der Waals surface area contributed by atoms with Gasteiger partial charge in [0.25, 0.3) is 0 Å². The van der Waals surface area contributed by atoms with Crippen molar-refractivity contribution >= 4 is 11.6 Å². The summed E-state index contributed by atoms with van der Waals surface area (Å²) in [6.07, 6.45) is 15.3. The molecule has 4 unspecified atom stereocenters. The summed E-state index contributed by atoms with van der Waals surface area (Å²) >= 11 is 0. The lowest BCUT2D eigenvalue weighted by Gasteiger charge is -2.40. The lowest BCUT2D eigenvalue weighted by Crippen LogP contribution is -2.42. The molecule has 3 aliphatic carbocycles. The highest BCUT2D eigenvalue weighted by atomic mass is 16.6. The van der Waals surface area contributed by atoms with Crippen LogP contribution in [0, 0.1) is 22.7 Å². The van der Waals surface area contributed by atoms with Crippen LogP contribution in [-0.4, -0.2) is 17.7 Å². The van der Waals surface area contributed by atoms with E-state index in [1.54, 1.807) is 0 Å². The molecule has 3 saturated carbocycles. The molecule has 2 N–H and O–H groups in total. The van der Waals surface area contributed by atoms with Crippen LogP contribution in [0.25, 0.3) is 0 Å². The second kappa shape index (κ2) is 8.53. The van der Waals surface area contributed by atoms with Crippen LogP contribution in [0.3, 0.4) is 0 Å². The minimum Gasteiger partial charge on any atom is -0.391 e. The summed E-state index contributed by atoms with van der Waals surface area (Å²) in [5.41, 5.74) is 7.08. The first-order valence-electron chi connectivity index (χ1n) is 11.4. The summed E-state index contributed by atoms with van der Waals surface area (Å²) < 4.78 is 0. The van der Waals surface area contributed by atoms with E-state index in [0.29, 0.717) is 0 Å². The summed E-state index contributed by atoms with van der Waals surface area (Å²) in [6, 6.07) is 0. The Morgan fingerprint density at radius 2 is 1.63 bits per heavy atom. The van der Waals surface area contributed by atoms with Crippen LogP contribution >= 0.6 is 0 Å². The van der Waals surface area contributed by atoms with Gasteiger partial charge < -0.3 is 10.6 Å². The van der Waals surface area contributed by atoms with E-state index in [1.165, 1.54) is 57.8 Å². The molecule has 4 heteroatoms. The fraction of sp³-hybridized carbons (Fsp3) is 0.913. The molecule has 0 aromatic carbocycles. The van der Waals surface area contributed by atoms with Crippen molar-refractivity contribution in [2.45, 2.75) is 110 Å².